The van der Waals surface area contributed by atoms with Crippen LogP contribution < -0.4 is 14.2 Å². The lowest BCUT2D eigenvalue weighted by Crippen LogP contribution is -2.04. The summed E-state index contributed by atoms with van der Waals surface area (Å²) in [5.41, 5.74) is 1.88. The van der Waals surface area contributed by atoms with E-state index in [0.29, 0.717) is 33.9 Å². The SMILES string of the molecule is COc1cc(OC)c(-c2cccc(OC/C=C/c3ccc(C(F)(F)F)cc3)c2)cc1CC(=O)O. The summed E-state index contributed by atoms with van der Waals surface area (Å²) in [6.45, 7) is 0.203. The van der Waals surface area contributed by atoms with E-state index in [1.54, 1.807) is 42.5 Å². The van der Waals surface area contributed by atoms with Gasteiger partial charge in [-0.2, -0.15) is 13.2 Å². The third-order valence-corrected chi connectivity index (χ3v) is 4.98. The Morgan fingerprint density at radius 3 is 2.29 bits per heavy atom. The summed E-state index contributed by atoms with van der Waals surface area (Å²) in [5, 5.41) is 9.21. The fourth-order valence-corrected chi connectivity index (χ4v) is 3.36. The molecule has 0 aliphatic heterocycles. The lowest BCUT2D eigenvalue weighted by Gasteiger charge is -2.15. The number of carbonyl (C=O) groups is 1. The number of carboxylic acid groups (broad SMARTS) is 1. The fraction of sp³-hybridized carbons (Fsp3) is 0.192. The monoisotopic (exact) mass is 472 g/mol. The van der Waals surface area contributed by atoms with E-state index in [0.717, 1.165) is 17.7 Å². The zero-order chi connectivity index (χ0) is 24.7. The number of ether oxygens (including phenoxy) is 3. The van der Waals surface area contributed by atoms with Gasteiger partial charge in [0.05, 0.1) is 26.2 Å². The van der Waals surface area contributed by atoms with E-state index in [9.17, 15) is 23.1 Å². The molecule has 0 aliphatic rings. The van der Waals surface area contributed by atoms with Crippen LogP contribution >= 0.6 is 0 Å². The van der Waals surface area contributed by atoms with Crippen molar-refractivity contribution in [2.45, 2.75) is 12.6 Å². The van der Waals surface area contributed by atoms with Crippen LogP contribution in [0.3, 0.4) is 0 Å². The van der Waals surface area contributed by atoms with Crippen LogP contribution in [0.5, 0.6) is 17.2 Å². The average molecular weight is 472 g/mol. The minimum Gasteiger partial charge on any atom is -0.496 e. The van der Waals surface area contributed by atoms with Crippen molar-refractivity contribution in [1.82, 2.24) is 0 Å². The van der Waals surface area contributed by atoms with Gasteiger partial charge in [0.1, 0.15) is 23.9 Å². The molecule has 0 radical (unpaired) electrons. The molecule has 0 amide bonds. The molecule has 8 heteroatoms. The van der Waals surface area contributed by atoms with Crippen molar-refractivity contribution in [1.29, 1.82) is 0 Å². The Morgan fingerprint density at radius 2 is 1.68 bits per heavy atom. The van der Waals surface area contributed by atoms with Crippen LogP contribution in [0, 0.1) is 0 Å². The molecule has 5 nitrogen and oxygen atoms in total. The molecule has 3 aromatic rings. The minimum absolute atomic E-state index is 0.203. The summed E-state index contributed by atoms with van der Waals surface area (Å²) in [6.07, 6.45) is -1.19. The minimum atomic E-state index is -4.36. The molecule has 0 saturated heterocycles. The van der Waals surface area contributed by atoms with Crippen LogP contribution in [-0.2, 0) is 17.4 Å². The van der Waals surface area contributed by atoms with Crippen molar-refractivity contribution < 1.29 is 37.3 Å². The van der Waals surface area contributed by atoms with E-state index in [1.165, 1.54) is 26.4 Å². The van der Waals surface area contributed by atoms with E-state index in [2.05, 4.69) is 0 Å². The third kappa shape index (κ3) is 6.31. The molecule has 0 atom stereocenters. The average Bonchev–Trinajstić information content (AvgIpc) is 2.81. The highest BCUT2D eigenvalue weighted by molar-refractivity contribution is 5.77. The quantitative estimate of drug-likeness (QED) is 0.407. The first kappa shape index (κ1) is 24.7. The largest absolute Gasteiger partial charge is 0.496 e. The Balaban J connectivity index is 1.75. The maximum atomic E-state index is 12.7. The topological polar surface area (TPSA) is 65.0 Å². The summed E-state index contributed by atoms with van der Waals surface area (Å²) in [4.78, 5) is 11.2. The molecule has 0 saturated carbocycles. The number of carboxylic acids is 1. The molecule has 3 rings (SSSR count). The summed E-state index contributed by atoms with van der Waals surface area (Å²) >= 11 is 0. The molecule has 0 fully saturated rings. The second-order valence-corrected chi connectivity index (χ2v) is 7.30. The van der Waals surface area contributed by atoms with Crippen LogP contribution in [0.2, 0.25) is 0 Å². The van der Waals surface area contributed by atoms with Gasteiger partial charge in [0.2, 0.25) is 0 Å². The maximum Gasteiger partial charge on any atom is 0.416 e. The standard InChI is InChI=1S/C26H23F3O5/c1-32-23-16-24(33-2)22(14-19(23)15-25(30)31)18-6-3-7-21(13-18)34-12-4-5-17-8-10-20(11-9-17)26(27,28)29/h3-11,13-14,16H,12,15H2,1-2H3,(H,30,31)/b5-4+. The van der Waals surface area contributed by atoms with E-state index < -0.39 is 17.7 Å². The molecule has 0 spiro atoms. The first-order valence-electron chi connectivity index (χ1n) is 10.2. The normalized spacial score (nSPS) is 11.4. The van der Waals surface area contributed by atoms with Crippen LogP contribution in [0.15, 0.2) is 66.7 Å². The van der Waals surface area contributed by atoms with Crippen molar-refractivity contribution >= 4 is 12.0 Å². The Kier molecular flexibility index (Phi) is 7.83. The number of aliphatic carboxylic acids is 1. The Bertz CT molecular complexity index is 1170. The predicted octanol–water partition coefficient (Wildman–Crippen LogP) is 6.11. The first-order valence-corrected chi connectivity index (χ1v) is 10.2. The van der Waals surface area contributed by atoms with Gasteiger partial charge in [0.15, 0.2) is 0 Å². The van der Waals surface area contributed by atoms with Crippen molar-refractivity contribution in [3.05, 3.63) is 83.4 Å². The Morgan fingerprint density at radius 1 is 0.971 bits per heavy atom. The van der Waals surface area contributed by atoms with E-state index in [4.69, 9.17) is 14.2 Å². The number of alkyl halides is 3. The fourth-order valence-electron chi connectivity index (χ4n) is 3.36. The van der Waals surface area contributed by atoms with Gasteiger partial charge in [-0.25, -0.2) is 0 Å². The molecule has 0 aliphatic carbocycles. The lowest BCUT2D eigenvalue weighted by atomic mass is 9.99. The van der Waals surface area contributed by atoms with Gasteiger partial charge in [-0.1, -0.05) is 30.3 Å². The number of methoxy groups -OCH3 is 2. The van der Waals surface area contributed by atoms with Gasteiger partial charge in [0.25, 0.3) is 0 Å². The lowest BCUT2D eigenvalue weighted by molar-refractivity contribution is -0.138. The molecule has 0 aromatic heterocycles. The number of halogens is 3. The molecule has 34 heavy (non-hydrogen) atoms. The third-order valence-electron chi connectivity index (χ3n) is 4.98. The van der Waals surface area contributed by atoms with Gasteiger partial charge < -0.3 is 19.3 Å². The highest BCUT2D eigenvalue weighted by Gasteiger charge is 2.29. The van der Waals surface area contributed by atoms with Crippen molar-refractivity contribution in [3.63, 3.8) is 0 Å². The number of benzene rings is 3. The van der Waals surface area contributed by atoms with Gasteiger partial charge in [-0.3, -0.25) is 4.79 Å². The smallest absolute Gasteiger partial charge is 0.416 e. The van der Waals surface area contributed by atoms with E-state index in [-0.39, 0.29) is 13.0 Å². The second-order valence-electron chi connectivity index (χ2n) is 7.30. The summed E-state index contributed by atoms with van der Waals surface area (Å²) < 4.78 is 54.5. The molecule has 178 valence electrons. The zero-order valence-corrected chi connectivity index (χ0v) is 18.6. The molecular weight excluding hydrogens is 449 g/mol. The Labute approximate surface area is 195 Å². The maximum absolute atomic E-state index is 12.7. The molecule has 3 aromatic carbocycles. The van der Waals surface area contributed by atoms with Gasteiger partial charge in [-0.15, -0.1) is 0 Å². The number of rotatable bonds is 9. The molecule has 0 bridgehead atoms. The van der Waals surface area contributed by atoms with Crippen molar-refractivity contribution in [2.75, 3.05) is 20.8 Å². The van der Waals surface area contributed by atoms with Crippen molar-refractivity contribution in [3.8, 4) is 28.4 Å². The number of hydrogen-bond donors (Lipinski definition) is 1. The summed E-state index contributed by atoms with van der Waals surface area (Å²) in [6, 6.07) is 15.4. The van der Waals surface area contributed by atoms with E-state index in [1.807, 2.05) is 6.07 Å². The van der Waals surface area contributed by atoms with E-state index >= 15 is 0 Å². The predicted molar refractivity (Wildman–Crippen MR) is 122 cm³/mol. The first-order chi connectivity index (χ1) is 16.2. The zero-order valence-electron chi connectivity index (χ0n) is 18.6. The van der Waals surface area contributed by atoms with Gasteiger partial charge in [-0.05, 0) is 47.5 Å². The highest BCUT2D eigenvalue weighted by atomic mass is 19.4. The Hall–Kier alpha value is -3.94. The molecular formula is C26H23F3O5. The van der Waals surface area contributed by atoms with Gasteiger partial charge >= 0.3 is 12.1 Å². The van der Waals surface area contributed by atoms with Crippen molar-refractivity contribution in [2.24, 2.45) is 0 Å². The molecule has 0 heterocycles. The second kappa shape index (κ2) is 10.8. The van der Waals surface area contributed by atoms with Crippen LogP contribution in [0.1, 0.15) is 16.7 Å². The number of hydrogen-bond acceptors (Lipinski definition) is 4. The molecule has 1 N–H and O–H groups in total. The van der Waals surface area contributed by atoms with Crippen LogP contribution in [0.4, 0.5) is 13.2 Å². The van der Waals surface area contributed by atoms with Crippen LogP contribution in [0.25, 0.3) is 17.2 Å². The van der Waals surface area contributed by atoms with Crippen LogP contribution in [-0.4, -0.2) is 31.9 Å². The highest BCUT2D eigenvalue weighted by Crippen LogP contribution is 2.37. The summed E-state index contributed by atoms with van der Waals surface area (Å²) in [7, 11) is 2.98. The summed E-state index contributed by atoms with van der Waals surface area (Å²) in [5.74, 6) is 0.521. The molecule has 0 unspecified atom stereocenters. The van der Waals surface area contributed by atoms with Gasteiger partial charge in [0, 0.05) is 17.2 Å².